The molecule has 0 aliphatic carbocycles. The normalized spacial score (nSPS) is 18.9. The van der Waals surface area contributed by atoms with E-state index in [1.807, 2.05) is 38.1 Å². The molecule has 2 aromatic rings. The van der Waals surface area contributed by atoms with Crippen molar-refractivity contribution in [3.63, 3.8) is 0 Å². The average Bonchev–Trinajstić information content (AvgIpc) is 2.74. The van der Waals surface area contributed by atoms with Crippen molar-refractivity contribution in [2.24, 2.45) is 0 Å². The van der Waals surface area contributed by atoms with E-state index in [-0.39, 0.29) is 22.8 Å². The van der Waals surface area contributed by atoms with Gasteiger partial charge in [0.25, 0.3) is 5.56 Å². The number of hydrogen-bond donors (Lipinski definition) is 2. The predicted octanol–water partition coefficient (Wildman–Crippen LogP) is 3.23. The largest absolute Gasteiger partial charge is 0.310 e. The van der Waals surface area contributed by atoms with Crippen molar-refractivity contribution < 1.29 is 4.79 Å². The zero-order valence-electron chi connectivity index (χ0n) is 13.6. The Labute approximate surface area is 139 Å². The number of carbonyl (C=O) groups is 1. The Morgan fingerprint density at radius 2 is 2.00 bits per heavy atom. The molecular formula is C17H21N3O2S. The Kier molecular flexibility index (Phi) is 4.35. The maximum Gasteiger partial charge on any atom is 0.270 e. The van der Waals surface area contributed by atoms with Crippen LogP contribution in [0.3, 0.4) is 0 Å². The number of fused-ring (bicyclic) bond motifs is 1. The third-order valence-electron chi connectivity index (χ3n) is 4.28. The highest BCUT2D eigenvalue weighted by Gasteiger charge is 2.31. The molecule has 0 bridgehead atoms. The highest BCUT2D eigenvalue weighted by atomic mass is 32.2. The molecule has 1 aliphatic heterocycles. The zero-order valence-corrected chi connectivity index (χ0v) is 14.4. The van der Waals surface area contributed by atoms with E-state index in [0.717, 1.165) is 12.0 Å². The lowest BCUT2D eigenvalue weighted by Crippen LogP contribution is -2.18. The van der Waals surface area contributed by atoms with Crippen LogP contribution in [0.15, 0.2) is 29.1 Å². The molecule has 1 aromatic carbocycles. The average molecular weight is 331 g/mol. The molecule has 0 saturated heterocycles. The first-order chi connectivity index (χ1) is 11.0. The minimum Gasteiger partial charge on any atom is -0.310 e. The fourth-order valence-electron chi connectivity index (χ4n) is 2.76. The zero-order chi connectivity index (χ0) is 16.6. The number of hydrogen-bond acceptors (Lipinski definition) is 3. The number of aromatic nitrogens is 2. The summed E-state index contributed by atoms with van der Waals surface area (Å²) in [5.41, 5.74) is 2.74. The quantitative estimate of drug-likeness (QED) is 0.907. The lowest BCUT2D eigenvalue weighted by molar-refractivity contribution is -0.113. The van der Waals surface area contributed by atoms with E-state index in [1.165, 1.54) is 17.3 Å². The summed E-state index contributed by atoms with van der Waals surface area (Å²) < 4.78 is 1.79. The van der Waals surface area contributed by atoms with Crippen LogP contribution in [-0.4, -0.2) is 21.4 Å². The summed E-state index contributed by atoms with van der Waals surface area (Å²) in [6.07, 6.45) is 0.870. The molecule has 2 heterocycles. The molecule has 122 valence electrons. The van der Waals surface area contributed by atoms with E-state index < -0.39 is 0 Å². The molecule has 2 atom stereocenters. The highest BCUT2D eigenvalue weighted by Crippen LogP contribution is 2.40. The van der Waals surface area contributed by atoms with Crippen LogP contribution in [-0.2, 0) is 4.79 Å². The van der Waals surface area contributed by atoms with Crippen molar-refractivity contribution in [1.29, 1.82) is 0 Å². The third kappa shape index (κ3) is 2.95. The standard InChI is InChI=1S/C17H21N3O2S/c1-4-11(3)20-16-14(17(22)19-20)15(23-9-13(21)18-16)12-7-5-10(2)6-8-12/h5-8,11,15H,4,9H2,1-3H3,(H,18,21)(H,19,22). The highest BCUT2D eigenvalue weighted by molar-refractivity contribution is 8.00. The Morgan fingerprint density at radius 3 is 2.65 bits per heavy atom. The van der Waals surface area contributed by atoms with Gasteiger partial charge in [0.15, 0.2) is 0 Å². The smallest absolute Gasteiger partial charge is 0.270 e. The van der Waals surface area contributed by atoms with Crippen LogP contribution in [0.4, 0.5) is 5.82 Å². The second kappa shape index (κ2) is 6.28. The van der Waals surface area contributed by atoms with Gasteiger partial charge in [-0.3, -0.25) is 19.4 Å². The molecule has 0 radical (unpaired) electrons. The summed E-state index contributed by atoms with van der Waals surface area (Å²) in [4.78, 5) is 24.7. The number of benzene rings is 1. The van der Waals surface area contributed by atoms with Crippen molar-refractivity contribution >= 4 is 23.5 Å². The Hall–Kier alpha value is -1.95. The van der Waals surface area contributed by atoms with Crippen molar-refractivity contribution in [3.05, 3.63) is 51.3 Å². The minimum atomic E-state index is -0.140. The number of anilines is 1. The van der Waals surface area contributed by atoms with Crippen LogP contribution in [0.2, 0.25) is 0 Å². The van der Waals surface area contributed by atoms with Crippen molar-refractivity contribution in [3.8, 4) is 0 Å². The Bertz CT molecular complexity index is 776. The molecule has 0 fully saturated rings. The lowest BCUT2D eigenvalue weighted by Gasteiger charge is -2.16. The van der Waals surface area contributed by atoms with Gasteiger partial charge in [0.1, 0.15) is 5.82 Å². The van der Waals surface area contributed by atoms with E-state index in [4.69, 9.17) is 0 Å². The molecular weight excluding hydrogens is 310 g/mol. The van der Waals surface area contributed by atoms with Gasteiger partial charge in [-0.2, -0.15) is 0 Å². The first-order valence-corrected chi connectivity index (χ1v) is 8.88. The lowest BCUT2D eigenvalue weighted by atomic mass is 10.0. The maximum absolute atomic E-state index is 12.6. The number of nitrogens with zero attached hydrogens (tertiary/aromatic N) is 1. The molecule has 1 aromatic heterocycles. The van der Waals surface area contributed by atoms with Gasteiger partial charge in [-0.25, -0.2) is 0 Å². The van der Waals surface area contributed by atoms with Gasteiger partial charge in [0.2, 0.25) is 5.91 Å². The molecule has 0 spiro atoms. The van der Waals surface area contributed by atoms with Gasteiger partial charge >= 0.3 is 0 Å². The van der Waals surface area contributed by atoms with Crippen LogP contribution in [0.5, 0.6) is 0 Å². The van der Waals surface area contributed by atoms with Crippen LogP contribution in [0, 0.1) is 6.92 Å². The maximum atomic E-state index is 12.6. The summed E-state index contributed by atoms with van der Waals surface area (Å²) in [6.45, 7) is 6.12. The van der Waals surface area contributed by atoms with Gasteiger partial charge < -0.3 is 5.32 Å². The van der Waals surface area contributed by atoms with Gasteiger partial charge in [-0.05, 0) is 25.8 Å². The van der Waals surface area contributed by atoms with Gasteiger partial charge in [0, 0.05) is 6.04 Å². The summed E-state index contributed by atoms with van der Waals surface area (Å²) in [7, 11) is 0. The summed E-state index contributed by atoms with van der Waals surface area (Å²) >= 11 is 1.50. The number of amides is 1. The second-order valence-corrected chi connectivity index (χ2v) is 7.07. The third-order valence-corrected chi connectivity index (χ3v) is 5.55. The SMILES string of the molecule is CCC(C)n1[nH]c(=O)c2c1NC(=O)CSC2c1ccc(C)cc1. The fourth-order valence-corrected chi connectivity index (χ4v) is 3.89. The van der Waals surface area contributed by atoms with Crippen LogP contribution in [0.1, 0.15) is 48.3 Å². The first kappa shape index (κ1) is 15.9. The van der Waals surface area contributed by atoms with Crippen LogP contribution >= 0.6 is 11.8 Å². The van der Waals surface area contributed by atoms with E-state index in [2.05, 4.69) is 17.3 Å². The van der Waals surface area contributed by atoms with E-state index in [9.17, 15) is 9.59 Å². The molecule has 23 heavy (non-hydrogen) atoms. The van der Waals surface area contributed by atoms with Crippen molar-refractivity contribution in [1.82, 2.24) is 9.78 Å². The first-order valence-electron chi connectivity index (χ1n) is 7.83. The fraction of sp³-hybridized carbons (Fsp3) is 0.412. The van der Waals surface area contributed by atoms with Crippen molar-refractivity contribution in [2.45, 2.75) is 38.5 Å². The number of aromatic amines is 1. The number of H-pyrrole nitrogens is 1. The van der Waals surface area contributed by atoms with Crippen LogP contribution in [0.25, 0.3) is 0 Å². The molecule has 2 unspecified atom stereocenters. The monoisotopic (exact) mass is 331 g/mol. The minimum absolute atomic E-state index is 0.0677. The molecule has 6 heteroatoms. The molecule has 3 rings (SSSR count). The van der Waals surface area contributed by atoms with Crippen LogP contribution < -0.4 is 10.9 Å². The molecule has 2 N–H and O–H groups in total. The van der Waals surface area contributed by atoms with E-state index in [0.29, 0.717) is 17.1 Å². The topological polar surface area (TPSA) is 66.9 Å². The molecule has 0 saturated carbocycles. The van der Waals surface area contributed by atoms with Gasteiger partial charge in [-0.1, -0.05) is 36.8 Å². The summed E-state index contributed by atoms with van der Waals surface area (Å²) in [5.74, 6) is 0.888. The van der Waals surface area contributed by atoms with Gasteiger partial charge in [0.05, 0.1) is 16.6 Å². The van der Waals surface area contributed by atoms with E-state index >= 15 is 0 Å². The van der Waals surface area contributed by atoms with E-state index in [1.54, 1.807) is 4.68 Å². The Morgan fingerprint density at radius 1 is 1.30 bits per heavy atom. The molecule has 5 nitrogen and oxygen atoms in total. The summed E-state index contributed by atoms with van der Waals surface area (Å²) in [6, 6.07) is 8.26. The van der Waals surface area contributed by atoms with Crippen molar-refractivity contribution in [2.75, 3.05) is 11.1 Å². The molecule has 1 aliphatic rings. The summed E-state index contributed by atoms with van der Waals surface area (Å²) in [5, 5.41) is 5.67. The Balaban J connectivity index is 2.15. The number of aryl methyl sites for hydroxylation is 1. The number of carbonyl (C=O) groups excluding carboxylic acids is 1. The number of thioether (sulfide) groups is 1. The number of rotatable bonds is 3. The second-order valence-electron chi connectivity index (χ2n) is 5.98. The van der Waals surface area contributed by atoms with Gasteiger partial charge in [-0.15, -0.1) is 11.8 Å². The predicted molar refractivity (Wildman–Crippen MR) is 94.2 cm³/mol. The molecule has 1 amide bonds. The number of nitrogens with one attached hydrogen (secondary N) is 2.